The van der Waals surface area contributed by atoms with Crippen LogP contribution in [0.4, 0.5) is 0 Å². The monoisotopic (exact) mass is 534 g/mol. The summed E-state index contributed by atoms with van der Waals surface area (Å²) in [6.45, 7) is 0. The van der Waals surface area contributed by atoms with Gasteiger partial charge in [0.05, 0.1) is 18.7 Å². The van der Waals surface area contributed by atoms with Crippen LogP contribution in [0.25, 0.3) is 32.7 Å². The van der Waals surface area contributed by atoms with E-state index < -0.39 is 10.1 Å². The highest BCUT2D eigenvalue weighted by atomic mass is 79.9. The van der Waals surface area contributed by atoms with Crippen LogP contribution in [0.3, 0.4) is 0 Å². The molecular weight excluding hydrogens is 520 g/mol. The largest absolute Gasteiger partial charge is 0.495 e. The molecule has 4 aromatic rings. The molecule has 0 atom stereocenters. The molecule has 0 saturated heterocycles. The van der Waals surface area contributed by atoms with E-state index in [9.17, 15) is 8.42 Å². The van der Waals surface area contributed by atoms with Gasteiger partial charge in [-0.3, -0.25) is 4.18 Å². The van der Waals surface area contributed by atoms with E-state index in [1.807, 2.05) is 54.6 Å². The van der Waals surface area contributed by atoms with Gasteiger partial charge in [0.1, 0.15) is 10.6 Å². The molecule has 148 valence electrons. The number of benzene rings is 4. The number of hydrogen-bond acceptors (Lipinski definition) is 4. The van der Waals surface area contributed by atoms with Gasteiger partial charge in [0.2, 0.25) is 0 Å². The Balaban J connectivity index is 2.34. The summed E-state index contributed by atoms with van der Waals surface area (Å²) in [7, 11) is -1.29. The van der Waals surface area contributed by atoms with Gasteiger partial charge < -0.3 is 4.74 Å². The van der Waals surface area contributed by atoms with Crippen molar-refractivity contribution >= 4 is 63.5 Å². The Bertz CT molecular complexity index is 1360. The molecule has 4 rings (SSSR count). The Morgan fingerprint density at radius 3 is 1.83 bits per heavy atom. The van der Waals surface area contributed by atoms with E-state index in [1.54, 1.807) is 13.2 Å². The van der Waals surface area contributed by atoms with E-state index >= 15 is 0 Å². The highest BCUT2D eigenvalue weighted by molar-refractivity contribution is 9.10. The number of halogens is 2. The van der Waals surface area contributed by atoms with Crippen molar-refractivity contribution in [1.82, 2.24) is 0 Å². The predicted molar refractivity (Wildman–Crippen MR) is 123 cm³/mol. The summed E-state index contributed by atoms with van der Waals surface area (Å²) in [5.41, 5.74) is 1.22. The molecule has 0 unspecified atom stereocenters. The van der Waals surface area contributed by atoms with Crippen LogP contribution >= 0.6 is 31.9 Å². The van der Waals surface area contributed by atoms with Gasteiger partial charge in [0.15, 0.2) is 0 Å². The first kappa shape index (κ1) is 20.3. The first-order valence-corrected chi connectivity index (χ1v) is 11.7. The summed E-state index contributed by atoms with van der Waals surface area (Å²) < 4.78 is 37.8. The first-order chi connectivity index (χ1) is 13.9. The van der Waals surface area contributed by atoms with Gasteiger partial charge in [-0.1, -0.05) is 48.5 Å². The molecule has 0 fully saturated rings. The van der Waals surface area contributed by atoms with E-state index in [1.165, 1.54) is 0 Å². The Morgan fingerprint density at radius 2 is 1.28 bits per heavy atom. The second-order valence-electron chi connectivity index (χ2n) is 6.39. The number of ether oxygens (including phenoxy) is 1. The van der Waals surface area contributed by atoms with E-state index in [-0.39, 0.29) is 4.90 Å². The third kappa shape index (κ3) is 3.36. The number of rotatable bonds is 4. The molecule has 0 aliphatic rings. The fraction of sp³-hybridized carbons (Fsp3) is 0.0909. The zero-order valence-electron chi connectivity index (χ0n) is 15.6. The summed E-state index contributed by atoms with van der Waals surface area (Å²) in [6.07, 6.45) is 0. The number of methoxy groups -OCH3 is 1. The average Bonchev–Trinajstić information content (AvgIpc) is 2.71. The highest BCUT2D eigenvalue weighted by Crippen LogP contribution is 2.49. The quantitative estimate of drug-likeness (QED) is 0.279. The van der Waals surface area contributed by atoms with Crippen LogP contribution in [0.1, 0.15) is 0 Å². The molecule has 0 aliphatic heterocycles. The van der Waals surface area contributed by atoms with Gasteiger partial charge in [-0.2, -0.15) is 8.42 Å². The minimum Gasteiger partial charge on any atom is -0.495 e. The molecule has 0 N–H and O–H groups in total. The fourth-order valence-electron chi connectivity index (χ4n) is 3.61. The van der Waals surface area contributed by atoms with Crippen molar-refractivity contribution in [2.75, 3.05) is 14.2 Å². The van der Waals surface area contributed by atoms with Crippen molar-refractivity contribution in [2.24, 2.45) is 0 Å². The van der Waals surface area contributed by atoms with Crippen molar-refractivity contribution in [2.45, 2.75) is 4.90 Å². The summed E-state index contributed by atoms with van der Waals surface area (Å²) >= 11 is 7.04. The predicted octanol–water partition coefficient (Wildman–Crippen LogP) is 6.53. The molecule has 0 amide bonds. The van der Waals surface area contributed by atoms with E-state index in [2.05, 4.69) is 31.9 Å². The Kier molecular flexibility index (Phi) is 5.42. The zero-order chi connectivity index (χ0) is 20.8. The highest BCUT2D eigenvalue weighted by Gasteiger charge is 2.28. The third-order valence-electron chi connectivity index (χ3n) is 4.84. The molecule has 0 spiro atoms. The lowest BCUT2D eigenvalue weighted by Crippen LogP contribution is -2.07. The maximum atomic E-state index is 13.0. The lowest BCUT2D eigenvalue weighted by Gasteiger charge is -2.20. The van der Waals surface area contributed by atoms with Gasteiger partial charge >= 0.3 is 0 Å². The zero-order valence-corrected chi connectivity index (χ0v) is 19.6. The minimum atomic E-state index is -4.02. The molecule has 0 saturated carbocycles. The normalized spacial score (nSPS) is 11.9. The van der Waals surface area contributed by atoms with Crippen LogP contribution in [-0.2, 0) is 14.3 Å². The van der Waals surface area contributed by atoms with Gasteiger partial charge in [-0.05, 0) is 65.5 Å². The van der Waals surface area contributed by atoms with Gasteiger partial charge in [0.25, 0.3) is 10.1 Å². The van der Waals surface area contributed by atoms with Crippen LogP contribution in [-0.4, -0.2) is 22.6 Å². The second kappa shape index (κ2) is 7.72. The number of fused-ring (bicyclic) bond motifs is 2. The van der Waals surface area contributed by atoms with Gasteiger partial charge in [-0.15, -0.1) is 0 Å². The standard InChI is InChI=1S/C22H16Br2O4S/c1-27-21-17(23)11-13-7-3-5-9-15(13)19(21)20-16-10-6-4-8-14(16)12-18(24)22(20)29(25,26)28-2/h3-12H,1-2H3. The Morgan fingerprint density at radius 1 is 0.759 bits per heavy atom. The minimum absolute atomic E-state index is 0.0697. The van der Waals surface area contributed by atoms with Crippen molar-refractivity contribution in [1.29, 1.82) is 0 Å². The molecule has 7 heteroatoms. The lowest BCUT2D eigenvalue weighted by atomic mass is 9.93. The van der Waals surface area contributed by atoms with Crippen LogP contribution in [0.5, 0.6) is 5.75 Å². The van der Waals surface area contributed by atoms with E-state index in [4.69, 9.17) is 8.92 Å². The third-order valence-corrected chi connectivity index (χ3v) is 7.68. The first-order valence-electron chi connectivity index (χ1n) is 8.66. The number of hydrogen-bond donors (Lipinski definition) is 0. The molecule has 29 heavy (non-hydrogen) atoms. The summed E-state index contributed by atoms with van der Waals surface area (Å²) in [6, 6.07) is 19.2. The Labute approximate surface area is 185 Å². The van der Waals surface area contributed by atoms with Gasteiger partial charge in [0, 0.05) is 15.6 Å². The fourth-order valence-corrected chi connectivity index (χ4v) is 6.19. The van der Waals surface area contributed by atoms with Crippen LogP contribution in [0, 0.1) is 0 Å². The SMILES string of the molecule is COc1c(Br)cc2ccccc2c1-c1c(S(=O)(=O)OC)c(Br)cc2ccccc12. The summed E-state index contributed by atoms with van der Waals surface area (Å²) in [5, 5.41) is 3.52. The van der Waals surface area contributed by atoms with Crippen molar-refractivity contribution in [3.63, 3.8) is 0 Å². The maximum Gasteiger partial charge on any atom is 0.298 e. The topological polar surface area (TPSA) is 52.6 Å². The molecule has 0 aromatic heterocycles. The molecule has 0 bridgehead atoms. The average molecular weight is 536 g/mol. The Hall–Kier alpha value is -1.93. The summed E-state index contributed by atoms with van der Waals surface area (Å²) in [5.74, 6) is 0.555. The van der Waals surface area contributed by atoms with Crippen molar-refractivity contribution in [3.8, 4) is 16.9 Å². The molecule has 4 aromatic carbocycles. The second-order valence-corrected chi connectivity index (χ2v) is 9.75. The molecule has 0 aliphatic carbocycles. The van der Waals surface area contributed by atoms with Crippen LogP contribution in [0.15, 0.2) is 74.5 Å². The van der Waals surface area contributed by atoms with E-state index in [0.29, 0.717) is 21.3 Å². The molecule has 0 heterocycles. The molecule has 0 radical (unpaired) electrons. The summed E-state index contributed by atoms with van der Waals surface area (Å²) in [4.78, 5) is 0.0697. The molecule has 4 nitrogen and oxygen atoms in total. The lowest BCUT2D eigenvalue weighted by molar-refractivity contribution is 0.397. The smallest absolute Gasteiger partial charge is 0.298 e. The van der Waals surface area contributed by atoms with Crippen molar-refractivity contribution < 1.29 is 17.3 Å². The molecular formula is C22H16Br2O4S. The maximum absolute atomic E-state index is 13.0. The van der Waals surface area contributed by atoms with Crippen LogP contribution < -0.4 is 4.74 Å². The van der Waals surface area contributed by atoms with Crippen molar-refractivity contribution in [3.05, 3.63) is 69.6 Å². The van der Waals surface area contributed by atoms with Gasteiger partial charge in [-0.25, -0.2) is 0 Å². The van der Waals surface area contributed by atoms with Crippen LogP contribution in [0.2, 0.25) is 0 Å². The van der Waals surface area contributed by atoms with E-state index in [0.717, 1.165) is 33.1 Å².